The second kappa shape index (κ2) is 5.89. The molecule has 0 atom stereocenters. The highest BCUT2D eigenvalue weighted by Gasteiger charge is 2.02. The second-order valence-electron chi connectivity index (χ2n) is 3.42. The summed E-state index contributed by atoms with van der Waals surface area (Å²) in [6.07, 6.45) is 4.62. The number of benzene rings is 1. The van der Waals surface area contributed by atoms with Gasteiger partial charge in [0.1, 0.15) is 5.82 Å². The van der Waals surface area contributed by atoms with Crippen molar-refractivity contribution in [2.24, 2.45) is 0 Å². The Hall–Kier alpha value is -0.860. The molecule has 82 valence electrons. The summed E-state index contributed by atoms with van der Waals surface area (Å²) >= 11 is 5.80. The molecule has 0 spiro atoms. The molecule has 3 heteroatoms. The maximum absolute atomic E-state index is 13.4. The van der Waals surface area contributed by atoms with E-state index < -0.39 is 0 Å². The predicted octanol–water partition coefficient (Wildman–Crippen LogP) is 3.41. The van der Waals surface area contributed by atoms with Crippen molar-refractivity contribution in [3.8, 4) is 0 Å². The van der Waals surface area contributed by atoms with E-state index in [2.05, 4.69) is 5.32 Å². The highest BCUT2D eigenvalue weighted by molar-refractivity contribution is 6.31. The van der Waals surface area contributed by atoms with Crippen molar-refractivity contribution in [2.75, 3.05) is 13.6 Å². The largest absolute Gasteiger partial charge is 0.319 e. The highest BCUT2D eigenvalue weighted by atomic mass is 35.5. The van der Waals surface area contributed by atoms with Crippen molar-refractivity contribution < 1.29 is 4.39 Å². The SMILES string of the molecule is CNCCC=Cc1cc(C)c(Cl)cc1F. The molecule has 1 N–H and O–H groups in total. The van der Waals surface area contributed by atoms with Gasteiger partial charge in [-0.25, -0.2) is 4.39 Å². The third kappa shape index (κ3) is 3.65. The van der Waals surface area contributed by atoms with Gasteiger partial charge in [0.05, 0.1) is 0 Å². The van der Waals surface area contributed by atoms with E-state index in [0.717, 1.165) is 18.5 Å². The first kappa shape index (κ1) is 12.2. The van der Waals surface area contributed by atoms with Gasteiger partial charge in [-0.15, -0.1) is 0 Å². The molecule has 0 saturated heterocycles. The van der Waals surface area contributed by atoms with Crippen LogP contribution >= 0.6 is 11.6 Å². The zero-order valence-corrected chi connectivity index (χ0v) is 9.74. The smallest absolute Gasteiger partial charge is 0.131 e. The summed E-state index contributed by atoms with van der Waals surface area (Å²) in [5.74, 6) is -0.272. The van der Waals surface area contributed by atoms with Gasteiger partial charge in [0.15, 0.2) is 0 Å². The van der Waals surface area contributed by atoms with Gasteiger partial charge in [-0.1, -0.05) is 23.8 Å². The average molecular weight is 228 g/mol. The number of rotatable bonds is 4. The Balaban J connectivity index is 2.77. The molecule has 1 aromatic carbocycles. The fraction of sp³-hybridized carbons (Fsp3) is 0.333. The molecular weight excluding hydrogens is 213 g/mol. The van der Waals surface area contributed by atoms with E-state index in [-0.39, 0.29) is 5.82 Å². The van der Waals surface area contributed by atoms with E-state index in [1.54, 1.807) is 12.1 Å². The molecule has 0 unspecified atom stereocenters. The molecule has 0 aliphatic carbocycles. The molecule has 0 radical (unpaired) electrons. The van der Waals surface area contributed by atoms with E-state index >= 15 is 0 Å². The van der Waals surface area contributed by atoms with Crippen molar-refractivity contribution >= 4 is 17.7 Å². The first-order valence-electron chi connectivity index (χ1n) is 4.92. The van der Waals surface area contributed by atoms with Crippen LogP contribution in [0.3, 0.4) is 0 Å². The van der Waals surface area contributed by atoms with Crippen LogP contribution in [0.15, 0.2) is 18.2 Å². The number of nitrogens with one attached hydrogen (secondary N) is 1. The molecule has 0 amide bonds. The van der Waals surface area contributed by atoms with Gasteiger partial charge < -0.3 is 5.32 Å². The lowest BCUT2D eigenvalue weighted by Gasteiger charge is -2.01. The molecular formula is C12H15ClFN. The van der Waals surface area contributed by atoms with Gasteiger partial charge in [-0.05, 0) is 44.6 Å². The van der Waals surface area contributed by atoms with Crippen molar-refractivity contribution in [1.29, 1.82) is 0 Å². The Kier molecular flexibility index (Phi) is 4.79. The third-order valence-electron chi connectivity index (χ3n) is 2.14. The van der Waals surface area contributed by atoms with Crippen LogP contribution in [-0.4, -0.2) is 13.6 Å². The summed E-state index contributed by atoms with van der Waals surface area (Å²) in [4.78, 5) is 0. The molecule has 0 aliphatic rings. The van der Waals surface area contributed by atoms with Crippen LogP contribution in [0, 0.1) is 12.7 Å². The van der Waals surface area contributed by atoms with Crippen molar-refractivity contribution in [1.82, 2.24) is 5.32 Å². The summed E-state index contributed by atoms with van der Waals surface area (Å²) < 4.78 is 13.4. The lowest BCUT2D eigenvalue weighted by atomic mass is 10.1. The lowest BCUT2D eigenvalue weighted by molar-refractivity contribution is 0.624. The molecule has 0 fully saturated rings. The quantitative estimate of drug-likeness (QED) is 0.778. The second-order valence-corrected chi connectivity index (χ2v) is 3.82. The van der Waals surface area contributed by atoms with Crippen molar-refractivity contribution in [3.05, 3.63) is 40.2 Å². The zero-order chi connectivity index (χ0) is 11.3. The normalized spacial score (nSPS) is 11.2. The zero-order valence-electron chi connectivity index (χ0n) is 8.98. The molecule has 0 aromatic heterocycles. The number of aryl methyl sites for hydroxylation is 1. The fourth-order valence-electron chi connectivity index (χ4n) is 1.25. The summed E-state index contributed by atoms with van der Waals surface area (Å²) in [7, 11) is 1.89. The van der Waals surface area contributed by atoms with Gasteiger partial charge >= 0.3 is 0 Å². The van der Waals surface area contributed by atoms with Crippen molar-refractivity contribution in [3.63, 3.8) is 0 Å². The predicted molar refractivity (Wildman–Crippen MR) is 63.7 cm³/mol. The van der Waals surface area contributed by atoms with Crippen LogP contribution in [0.2, 0.25) is 5.02 Å². The third-order valence-corrected chi connectivity index (χ3v) is 2.54. The number of hydrogen-bond donors (Lipinski definition) is 1. The molecule has 0 heterocycles. The summed E-state index contributed by atoms with van der Waals surface area (Å²) in [5, 5.41) is 3.50. The Morgan fingerprint density at radius 2 is 2.20 bits per heavy atom. The van der Waals surface area contributed by atoms with Gasteiger partial charge in [0.25, 0.3) is 0 Å². The van der Waals surface area contributed by atoms with E-state index in [9.17, 15) is 4.39 Å². The van der Waals surface area contributed by atoms with E-state index in [4.69, 9.17) is 11.6 Å². The molecule has 1 aromatic rings. The minimum atomic E-state index is -0.272. The van der Waals surface area contributed by atoms with E-state index in [1.165, 1.54) is 6.07 Å². The van der Waals surface area contributed by atoms with Gasteiger partial charge in [0.2, 0.25) is 0 Å². The number of hydrogen-bond acceptors (Lipinski definition) is 1. The molecule has 1 rings (SSSR count). The van der Waals surface area contributed by atoms with Crippen molar-refractivity contribution in [2.45, 2.75) is 13.3 Å². The summed E-state index contributed by atoms with van der Waals surface area (Å²) in [6.45, 7) is 2.76. The maximum Gasteiger partial charge on any atom is 0.131 e. The van der Waals surface area contributed by atoms with Crippen LogP contribution in [0.4, 0.5) is 4.39 Å². The monoisotopic (exact) mass is 227 g/mol. The Morgan fingerprint density at radius 3 is 2.87 bits per heavy atom. The van der Waals surface area contributed by atoms with E-state index in [0.29, 0.717) is 10.6 Å². The number of halogens is 2. The topological polar surface area (TPSA) is 12.0 Å². The highest BCUT2D eigenvalue weighted by Crippen LogP contribution is 2.20. The maximum atomic E-state index is 13.4. The van der Waals surface area contributed by atoms with Crippen LogP contribution in [0.1, 0.15) is 17.5 Å². The van der Waals surface area contributed by atoms with Crippen LogP contribution in [0.25, 0.3) is 6.08 Å². The average Bonchev–Trinajstić information content (AvgIpc) is 2.20. The van der Waals surface area contributed by atoms with Gasteiger partial charge in [-0.2, -0.15) is 0 Å². The molecule has 0 saturated carbocycles. The van der Waals surface area contributed by atoms with Crippen LogP contribution in [0.5, 0.6) is 0 Å². The first-order valence-corrected chi connectivity index (χ1v) is 5.29. The summed E-state index contributed by atoms with van der Waals surface area (Å²) in [6, 6.07) is 3.11. The van der Waals surface area contributed by atoms with E-state index in [1.807, 2.05) is 20.0 Å². The van der Waals surface area contributed by atoms with Gasteiger partial charge in [0, 0.05) is 10.6 Å². The Bertz CT molecular complexity index is 361. The molecule has 0 bridgehead atoms. The Morgan fingerprint density at radius 1 is 1.47 bits per heavy atom. The fourth-order valence-corrected chi connectivity index (χ4v) is 1.40. The molecule has 1 nitrogen and oxygen atoms in total. The Labute approximate surface area is 95.0 Å². The van der Waals surface area contributed by atoms with Gasteiger partial charge in [-0.3, -0.25) is 0 Å². The minimum absolute atomic E-state index is 0.272. The lowest BCUT2D eigenvalue weighted by Crippen LogP contribution is -2.05. The first-order chi connectivity index (χ1) is 7.15. The minimum Gasteiger partial charge on any atom is -0.319 e. The van der Waals surface area contributed by atoms with Crippen LogP contribution in [-0.2, 0) is 0 Å². The molecule has 15 heavy (non-hydrogen) atoms. The van der Waals surface area contributed by atoms with Crippen LogP contribution < -0.4 is 5.32 Å². The standard InChI is InChI=1S/C12H15ClFN/c1-9-7-10(5-3-4-6-15-2)12(14)8-11(9)13/h3,5,7-8,15H,4,6H2,1-2H3. The molecule has 0 aliphatic heterocycles. The summed E-state index contributed by atoms with van der Waals surface area (Å²) in [5.41, 5.74) is 1.49.